The summed E-state index contributed by atoms with van der Waals surface area (Å²) in [6, 6.07) is 5.44. The van der Waals surface area contributed by atoms with E-state index in [1.54, 1.807) is 18.5 Å². The van der Waals surface area contributed by atoms with Gasteiger partial charge in [0.25, 0.3) is 0 Å². The van der Waals surface area contributed by atoms with Gasteiger partial charge >= 0.3 is 11.1 Å². The van der Waals surface area contributed by atoms with Gasteiger partial charge in [-0.3, -0.25) is 9.59 Å². The van der Waals surface area contributed by atoms with E-state index in [4.69, 9.17) is 17.3 Å². The lowest BCUT2D eigenvalue weighted by molar-refractivity contribution is 0.695. The van der Waals surface area contributed by atoms with Crippen LogP contribution in [0.3, 0.4) is 0 Å². The molecule has 1 heterocycles. The summed E-state index contributed by atoms with van der Waals surface area (Å²) in [5, 5.41) is 0.538. The van der Waals surface area contributed by atoms with Crippen molar-refractivity contribution in [2.45, 2.75) is 13.1 Å². The largest absolute Gasteiger partial charge is 0.326 e. The van der Waals surface area contributed by atoms with Gasteiger partial charge in [-0.2, -0.15) is 0 Å². The molecule has 2 aromatic rings. The predicted molar refractivity (Wildman–Crippen MR) is 74.4 cm³/mol. The molecule has 0 atom stereocenters. The van der Waals surface area contributed by atoms with Crippen molar-refractivity contribution < 1.29 is 0 Å². The maximum atomic E-state index is 11.8. The van der Waals surface area contributed by atoms with Crippen LogP contribution in [0.1, 0.15) is 11.1 Å². The van der Waals surface area contributed by atoms with Crippen molar-refractivity contribution in [1.82, 2.24) is 9.13 Å². The molecule has 5 nitrogen and oxygen atoms in total. The summed E-state index contributed by atoms with van der Waals surface area (Å²) in [5.41, 5.74) is 6.09. The number of benzene rings is 1. The van der Waals surface area contributed by atoms with Crippen LogP contribution in [0.5, 0.6) is 0 Å². The summed E-state index contributed by atoms with van der Waals surface area (Å²) in [5.74, 6) is 0. The number of rotatable bonds is 3. The lowest BCUT2D eigenvalue weighted by Crippen LogP contribution is -2.39. The molecule has 0 aliphatic rings. The summed E-state index contributed by atoms with van der Waals surface area (Å²) in [7, 11) is 1.54. The number of hydrogen-bond acceptors (Lipinski definition) is 3. The van der Waals surface area contributed by atoms with Crippen LogP contribution in [0.15, 0.2) is 40.2 Å². The average molecular weight is 280 g/mol. The second kappa shape index (κ2) is 5.42. The topological polar surface area (TPSA) is 70.0 Å². The molecule has 0 aliphatic carbocycles. The van der Waals surface area contributed by atoms with Gasteiger partial charge in [-0.25, -0.2) is 0 Å². The quantitative estimate of drug-likeness (QED) is 0.841. The first kappa shape index (κ1) is 13.6. The molecule has 100 valence electrons. The average Bonchev–Trinajstić information content (AvgIpc) is 2.41. The van der Waals surface area contributed by atoms with Crippen LogP contribution < -0.4 is 16.9 Å². The zero-order valence-electron chi connectivity index (χ0n) is 10.5. The van der Waals surface area contributed by atoms with Crippen LogP contribution in [0.2, 0.25) is 5.02 Å². The molecule has 0 saturated carbocycles. The molecule has 0 aliphatic heterocycles. The van der Waals surface area contributed by atoms with Crippen molar-refractivity contribution in [3.63, 3.8) is 0 Å². The van der Waals surface area contributed by atoms with Gasteiger partial charge in [0.1, 0.15) is 0 Å². The fourth-order valence-corrected chi connectivity index (χ4v) is 2.01. The van der Waals surface area contributed by atoms with Gasteiger partial charge in [0.05, 0.1) is 6.54 Å². The molecule has 0 bridgehead atoms. The Kier molecular flexibility index (Phi) is 3.87. The maximum absolute atomic E-state index is 11.8. The van der Waals surface area contributed by atoms with Crippen molar-refractivity contribution in [1.29, 1.82) is 0 Å². The minimum Gasteiger partial charge on any atom is -0.326 e. The Labute approximate surface area is 114 Å². The minimum absolute atomic E-state index is 0.262. The molecule has 1 aromatic carbocycles. The zero-order valence-corrected chi connectivity index (χ0v) is 11.2. The van der Waals surface area contributed by atoms with E-state index in [1.807, 2.05) is 12.1 Å². The fraction of sp³-hybridized carbons (Fsp3) is 0.231. The standard InChI is InChI=1S/C13H14ClN3O2/c1-16-4-5-17(13(19)12(16)18)8-10-3-2-9(7-15)6-11(10)14/h2-6H,7-8,15H2,1H3. The van der Waals surface area contributed by atoms with Crippen LogP contribution in [0, 0.1) is 0 Å². The highest BCUT2D eigenvalue weighted by molar-refractivity contribution is 6.31. The van der Waals surface area contributed by atoms with E-state index in [-0.39, 0.29) is 6.54 Å². The maximum Gasteiger partial charge on any atom is 0.316 e. The molecule has 0 fully saturated rings. The second-order valence-electron chi connectivity index (χ2n) is 4.28. The summed E-state index contributed by atoms with van der Waals surface area (Å²) in [6.07, 6.45) is 3.11. The van der Waals surface area contributed by atoms with Crippen molar-refractivity contribution in [3.05, 3.63) is 67.4 Å². The molecular formula is C13H14ClN3O2. The van der Waals surface area contributed by atoms with Crippen molar-refractivity contribution in [2.75, 3.05) is 0 Å². The molecular weight excluding hydrogens is 266 g/mol. The first-order valence-electron chi connectivity index (χ1n) is 5.76. The Morgan fingerprint density at radius 2 is 1.95 bits per heavy atom. The molecule has 2 N–H and O–H groups in total. The number of aryl methyl sites for hydroxylation is 1. The monoisotopic (exact) mass is 279 g/mol. The molecule has 0 unspecified atom stereocenters. The van der Waals surface area contributed by atoms with Crippen LogP contribution in [0.4, 0.5) is 0 Å². The minimum atomic E-state index is -0.566. The molecule has 0 amide bonds. The fourth-order valence-electron chi connectivity index (χ4n) is 1.74. The SMILES string of the molecule is Cn1ccn(Cc2ccc(CN)cc2Cl)c(=O)c1=O. The third-order valence-electron chi connectivity index (χ3n) is 2.93. The third-order valence-corrected chi connectivity index (χ3v) is 3.28. The number of nitrogens with zero attached hydrogens (tertiary/aromatic N) is 2. The van der Waals surface area contributed by atoms with Gasteiger partial charge in [0, 0.05) is 31.0 Å². The van der Waals surface area contributed by atoms with E-state index in [9.17, 15) is 9.59 Å². The highest BCUT2D eigenvalue weighted by Crippen LogP contribution is 2.18. The summed E-state index contributed by atoms with van der Waals surface area (Å²) in [4.78, 5) is 23.3. The smallest absolute Gasteiger partial charge is 0.316 e. The molecule has 6 heteroatoms. The highest BCUT2D eigenvalue weighted by atomic mass is 35.5. The van der Waals surface area contributed by atoms with Gasteiger partial charge < -0.3 is 14.9 Å². The number of halogens is 1. The van der Waals surface area contributed by atoms with Gasteiger partial charge in [-0.15, -0.1) is 0 Å². The van der Waals surface area contributed by atoms with Gasteiger partial charge in [0.2, 0.25) is 0 Å². The highest BCUT2D eigenvalue weighted by Gasteiger charge is 2.06. The second-order valence-corrected chi connectivity index (χ2v) is 4.68. The van der Waals surface area contributed by atoms with Crippen molar-refractivity contribution in [3.8, 4) is 0 Å². The van der Waals surface area contributed by atoms with E-state index in [0.29, 0.717) is 11.6 Å². The van der Waals surface area contributed by atoms with E-state index in [0.717, 1.165) is 11.1 Å². The summed E-state index contributed by atoms with van der Waals surface area (Å²) < 4.78 is 2.59. The zero-order chi connectivity index (χ0) is 14.0. The van der Waals surface area contributed by atoms with Crippen LogP contribution in [-0.4, -0.2) is 9.13 Å². The summed E-state index contributed by atoms with van der Waals surface area (Å²) in [6.45, 7) is 0.671. The molecule has 0 radical (unpaired) electrons. The Hall–Kier alpha value is -1.85. The lowest BCUT2D eigenvalue weighted by Gasteiger charge is -2.09. The Morgan fingerprint density at radius 3 is 2.58 bits per heavy atom. The molecule has 2 rings (SSSR count). The summed E-state index contributed by atoms with van der Waals surface area (Å²) >= 11 is 6.13. The molecule has 0 saturated heterocycles. The van der Waals surface area contributed by atoms with E-state index < -0.39 is 11.1 Å². The van der Waals surface area contributed by atoms with E-state index in [2.05, 4.69) is 0 Å². The predicted octanol–water partition coefficient (Wildman–Crippen LogP) is 0.707. The van der Waals surface area contributed by atoms with Crippen molar-refractivity contribution in [2.24, 2.45) is 12.8 Å². The van der Waals surface area contributed by atoms with Crippen LogP contribution in [0.25, 0.3) is 0 Å². The Morgan fingerprint density at radius 1 is 1.21 bits per heavy atom. The third kappa shape index (κ3) is 2.77. The van der Waals surface area contributed by atoms with Gasteiger partial charge in [-0.05, 0) is 17.2 Å². The molecule has 1 aromatic heterocycles. The lowest BCUT2D eigenvalue weighted by atomic mass is 10.1. The van der Waals surface area contributed by atoms with Crippen LogP contribution in [-0.2, 0) is 20.1 Å². The molecule has 19 heavy (non-hydrogen) atoms. The van der Waals surface area contributed by atoms with Crippen molar-refractivity contribution >= 4 is 11.6 Å². The number of aromatic nitrogens is 2. The van der Waals surface area contributed by atoms with Crippen LogP contribution >= 0.6 is 11.6 Å². The first-order chi connectivity index (χ1) is 9.02. The number of nitrogens with two attached hydrogens (primary N) is 1. The normalized spacial score (nSPS) is 10.7. The molecule has 0 spiro atoms. The van der Waals surface area contributed by atoms with E-state index >= 15 is 0 Å². The first-order valence-corrected chi connectivity index (χ1v) is 6.14. The van der Waals surface area contributed by atoms with E-state index in [1.165, 1.54) is 16.2 Å². The Bertz CT molecular complexity index is 719. The van der Waals surface area contributed by atoms with Gasteiger partial charge in [-0.1, -0.05) is 23.7 Å². The number of hydrogen-bond donors (Lipinski definition) is 1. The van der Waals surface area contributed by atoms with Gasteiger partial charge in [0.15, 0.2) is 0 Å². The Balaban J connectivity index is 2.40.